The lowest BCUT2D eigenvalue weighted by atomic mass is 10.1. The van der Waals surface area contributed by atoms with Crippen LogP contribution in [0.25, 0.3) is 0 Å². The minimum absolute atomic E-state index is 0.374. The molecule has 0 spiro atoms. The van der Waals surface area contributed by atoms with Gasteiger partial charge in [-0.2, -0.15) is 4.98 Å². The van der Waals surface area contributed by atoms with Gasteiger partial charge in [-0.05, 0) is 44.1 Å². The number of likely N-dealkylation sites (N-methyl/N-ethyl adjacent to an activating group) is 1. The van der Waals surface area contributed by atoms with Gasteiger partial charge in [0.2, 0.25) is 5.95 Å². The first-order chi connectivity index (χ1) is 16.8. The topological polar surface area (TPSA) is 82.6 Å². The number of hydrogen-bond donors (Lipinski definition) is 2. The molecule has 10 heteroatoms. The summed E-state index contributed by atoms with van der Waals surface area (Å²) in [6.45, 7) is 10.5. The van der Waals surface area contributed by atoms with Gasteiger partial charge in [0.1, 0.15) is 24.5 Å². The minimum atomic E-state index is -2.49. The molecule has 1 aromatic heterocycles. The van der Waals surface area contributed by atoms with Crippen LogP contribution in [-0.4, -0.2) is 67.0 Å². The molecule has 8 nitrogen and oxygen atoms in total. The number of ether oxygens (including phenoxy) is 1. The van der Waals surface area contributed by atoms with Gasteiger partial charge in [-0.3, -0.25) is 4.90 Å². The quantitative estimate of drug-likeness (QED) is 0.457. The van der Waals surface area contributed by atoms with Crippen LogP contribution in [0.2, 0.25) is 5.02 Å². The Morgan fingerprint density at radius 1 is 1.17 bits per heavy atom. The van der Waals surface area contributed by atoms with E-state index in [0.717, 1.165) is 48.6 Å². The van der Waals surface area contributed by atoms with Crippen molar-refractivity contribution in [2.24, 2.45) is 0 Å². The summed E-state index contributed by atoms with van der Waals surface area (Å²) >= 11 is 6.38. The fourth-order valence-corrected chi connectivity index (χ4v) is 5.91. The number of aromatic nitrogens is 2. The first-order valence-electron chi connectivity index (χ1n) is 11.8. The lowest BCUT2D eigenvalue weighted by Gasteiger charge is -2.45. The zero-order valence-corrected chi connectivity index (χ0v) is 21.8. The maximum absolute atomic E-state index is 12.7. The van der Waals surface area contributed by atoms with E-state index in [-0.39, 0.29) is 0 Å². The molecule has 2 N–H and O–H groups in total. The highest BCUT2D eigenvalue weighted by Gasteiger charge is 2.32. The van der Waals surface area contributed by atoms with Crippen molar-refractivity contribution in [1.82, 2.24) is 14.9 Å². The summed E-state index contributed by atoms with van der Waals surface area (Å²) in [5.41, 5.74) is 2.67. The van der Waals surface area contributed by atoms with E-state index in [4.69, 9.17) is 16.3 Å². The van der Waals surface area contributed by atoms with Crippen LogP contribution < -0.4 is 25.6 Å². The molecule has 1 fully saturated rings. The Hall–Kier alpha value is -2.80. The van der Waals surface area contributed by atoms with Crippen molar-refractivity contribution in [1.29, 1.82) is 0 Å². The minimum Gasteiger partial charge on any atom is -0.489 e. The summed E-state index contributed by atoms with van der Waals surface area (Å²) in [5, 5.41) is 7.61. The lowest BCUT2D eigenvalue weighted by Crippen LogP contribution is -2.57. The molecule has 0 bridgehead atoms. The first-order valence-corrected chi connectivity index (χ1v) is 14.8. The fourth-order valence-electron chi connectivity index (χ4n) is 4.62. The molecular formula is C25H30ClN6O2P. The van der Waals surface area contributed by atoms with E-state index >= 15 is 0 Å². The van der Waals surface area contributed by atoms with E-state index in [1.807, 2.05) is 36.4 Å². The number of fused-ring (bicyclic) bond motifs is 3. The average molecular weight is 513 g/mol. The summed E-state index contributed by atoms with van der Waals surface area (Å²) in [5.74, 6) is 1.70. The Kier molecular flexibility index (Phi) is 6.62. The molecule has 0 aliphatic carbocycles. The summed E-state index contributed by atoms with van der Waals surface area (Å²) in [4.78, 5) is 13.8. The van der Waals surface area contributed by atoms with Crippen LogP contribution in [0.4, 0.5) is 28.8 Å². The van der Waals surface area contributed by atoms with E-state index in [1.54, 1.807) is 19.5 Å². The Labute approximate surface area is 211 Å². The molecular weight excluding hydrogens is 483 g/mol. The van der Waals surface area contributed by atoms with Gasteiger partial charge < -0.3 is 24.8 Å². The number of hydrogen-bond acceptors (Lipinski definition) is 8. The van der Waals surface area contributed by atoms with Crippen LogP contribution in [0.15, 0.2) is 48.7 Å². The maximum Gasteiger partial charge on any atom is 0.229 e. The third kappa shape index (κ3) is 5.10. The van der Waals surface area contributed by atoms with E-state index < -0.39 is 7.14 Å². The second-order valence-electron chi connectivity index (χ2n) is 9.24. The molecule has 1 atom stereocenters. The predicted molar refractivity (Wildman–Crippen MR) is 144 cm³/mol. The molecule has 0 amide bonds. The highest BCUT2D eigenvalue weighted by atomic mass is 35.5. The van der Waals surface area contributed by atoms with Crippen molar-refractivity contribution >= 4 is 52.9 Å². The van der Waals surface area contributed by atoms with Gasteiger partial charge in [-0.25, -0.2) is 4.98 Å². The van der Waals surface area contributed by atoms with Crippen molar-refractivity contribution in [3.63, 3.8) is 0 Å². The standard InChI is InChI=1S/C25H30ClN6O2P/c1-4-31-11-12-32-18(15-31)16-34-22-13-17(9-10-21(22)32)28-25-27-14-19(26)24(30-25)29-20-7-5-6-8-23(20)35(2,3)33/h5-10,13-14,18H,4,11-12,15-16H2,1-3H3,(H2,27,28,29,30)/t18-/m1/s1. The predicted octanol–water partition coefficient (Wildman–Crippen LogP) is 4.77. The summed E-state index contributed by atoms with van der Waals surface area (Å²) < 4.78 is 18.8. The number of para-hydroxylation sites is 1. The Morgan fingerprint density at radius 2 is 2.00 bits per heavy atom. The number of nitrogens with one attached hydrogen (secondary N) is 2. The summed E-state index contributed by atoms with van der Waals surface area (Å²) in [6, 6.07) is 14.0. The Morgan fingerprint density at radius 3 is 2.80 bits per heavy atom. The van der Waals surface area contributed by atoms with Crippen LogP contribution in [0.1, 0.15) is 6.92 Å². The number of piperazine rings is 1. The fraction of sp³-hybridized carbons (Fsp3) is 0.360. The molecule has 0 radical (unpaired) electrons. The van der Waals surface area contributed by atoms with E-state index in [0.29, 0.717) is 35.1 Å². The number of nitrogens with zero attached hydrogens (tertiary/aromatic N) is 4. The van der Waals surface area contributed by atoms with Crippen molar-refractivity contribution in [3.8, 4) is 5.75 Å². The Bertz CT molecular complexity index is 1280. The molecule has 184 valence electrons. The number of halogens is 1. The van der Waals surface area contributed by atoms with Crippen LogP contribution >= 0.6 is 18.7 Å². The lowest BCUT2D eigenvalue weighted by molar-refractivity contribution is 0.172. The molecule has 2 aliphatic heterocycles. The molecule has 5 rings (SSSR count). The molecule has 2 aliphatic rings. The largest absolute Gasteiger partial charge is 0.489 e. The molecule has 3 aromatic rings. The zero-order chi connectivity index (χ0) is 24.6. The smallest absolute Gasteiger partial charge is 0.229 e. The SMILES string of the molecule is CCN1CCN2c3ccc(Nc4ncc(Cl)c(Nc5ccccc5P(C)(C)=O)n4)cc3OC[C@H]2C1. The monoisotopic (exact) mass is 512 g/mol. The molecule has 1 saturated heterocycles. The van der Waals surface area contributed by atoms with Gasteiger partial charge in [-0.15, -0.1) is 0 Å². The highest BCUT2D eigenvalue weighted by molar-refractivity contribution is 7.70. The van der Waals surface area contributed by atoms with E-state index in [9.17, 15) is 4.57 Å². The van der Waals surface area contributed by atoms with Crippen LogP contribution in [0, 0.1) is 0 Å². The number of anilines is 5. The summed E-state index contributed by atoms with van der Waals surface area (Å²) in [6.07, 6.45) is 1.55. The second-order valence-corrected chi connectivity index (χ2v) is 12.8. The number of rotatable bonds is 6. The van der Waals surface area contributed by atoms with Crippen molar-refractivity contribution in [2.45, 2.75) is 13.0 Å². The molecule has 0 unspecified atom stereocenters. The van der Waals surface area contributed by atoms with E-state index in [1.165, 1.54) is 0 Å². The van der Waals surface area contributed by atoms with E-state index in [2.05, 4.69) is 43.4 Å². The van der Waals surface area contributed by atoms with Crippen molar-refractivity contribution in [2.75, 3.05) is 61.6 Å². The van der Waals surface area contributed by atoms with Gasteiger partial charge in [0, 0.05) is 36.7 Å². The molecule has 2 aromatic carbocycles. The first kappa shape index (κ1) is 23.9. The van der Waals surface area contributed by atoms with Gasteiger partial charge in [-0.1, -0.05) is 30.7 Å². The van der Waals surface area contributed by atoms with Gasteiger partial charge >= 0.3 is 0 Å². The molecule has 35 heavy (non-hydrogen) atoms. The number of benzene rings is 2. The van der Waals surface area contributed by atoms with Gasteiger partial charge in [0.25, 0.3) is 0 Å². The van der Waals surface area contributed by atoms with Gasteiger partial charge in [0.15, 0.2) is 5.82 Å². The van der Waals surface area contributed by atoms with Gasteiger partial charge in [0.05, 0.1) is 23.6 Å². The third-order valence-corrected chi connectivity index (χ3v) is 8.28. The van der Waals surface area contributed by atoms with Crippen molar-refractivity contribution < 1.29 is 9.30 Å². The normalized spacial score (nSPS) is 17.8. The zero-order valence-electron chi connectivity index (χ0n) is 20.2. The maximum atomic E-state index is 12.7. The van der Waals surface area contributed by atoms with Crippen LogP contribution in [0.3, 0.4) is 0 Å². The van der Waals surface area contributed by atoms with Crippen LogP contribution in [-0.2, 0) is 4.57 Å². The van der Waals surface area contributed by atoms with Crippen LogP contribution in [0.5, 0.6) is 5.75 Å². The third-order valence-electron chi connectivity index (χ3n) is 6.45. The Balaban J connectivity index is 1.35. The van der Waals surface area contributed by atoms with Crippen molar-refractivity contribution in [3.05, 3.63) is 53.7 Å². The second kappa shape index (κ2) is 9.69. The molecule has 3 heterocycles. The average Bonchev–Trinajstić information content (AvgIpc) is 2.85. The molecule has 0 saturated carbocycles. The summed E-state index contributed by atoms with van der Waals surface area (Å²) in [7, 11) is -2.49. The highest BCUT2D eigenvalue weighted by Crippen LogP contribution is 2.39.